The van der Waals surface area contributed by atoms with Crippen LogP contribution in [0.3, 0.4) is 0 Å². The topological polar surface area (TPSA) is 75.4 Å². The van der Waals surface area contributed by atoms with Crippen LogP contribution in [0.25, 0.3) is 0 Å². The van der Waals surface area contributed by atoms with E-state index in [2.05, 4.69) is 21.2 Å². The summed E-state index contributed by atoms with van der Waals surface area (Å²) in [7, 11) is 0. The van der Waals surface area contributed by atoms with Crippen LogP contribution >= 0.6 is 15.9 Å². The minimum atomic E-state index is -0.286. The predicted molar refractivity (Wildman–Crippen MR) is 74.6 cm³/mol. The molecule has 1 amide bonds. The fourth-order valence-corrected chi connectivity index (χ4v) is 1.86. The van der Waals surface area contributed by atoms with Crippen molar-refractivity contribution in [2.24, 2.45) is 0 Å². The molecule has 0 bridgehead atoms. The van der Waals surface area contributed by atoms with Crippen LogP contribution in [-0.2, 0) is 0 Å². The van der Waals surface area contributed by atoms with E-state index in [0.29, 0.717) is 16.9 Å². The van der Waals surface area contributed by atoms with Crippen molar-refractivity contribution in [3.63, 3.8) is 0 Å². The molecule has 0 saturated carbocycles. The Morgan fingerprint density at radius 3 is 2.44 bits per heavy atom. The highest BCUT2D eigenvalue weighted by Crippen LogP contribution is 2.20. The number of aromatic hydroxyl groups is 1. The summed E-state index contributed by atoms with van der Waals surface area (Å²) in [6.07, 6.45) is 0. The number of phenolic OH excluding ortho intramolecular Hbond substituents is 1. The largest absolute Gasteiger partial charge is 0.508 e. The summed E-state index contributed by atoms with van der Waals surface area (Å²) < 4.78 is 0.821. The lowest BCUT2D eigenvalue weighted by Crippen LogP contribution is -2.13. The van der Waals surface area contributed by atoms with E-state index in [1.807, 2.05) is 0 Å². The van der Waals surface area contributed by atoms with Crippen molar-refractivity contribution in [3.8, 4) is 5.75 Å². The Morgan fingerprint density at radius 2 is 1.83 bits per heavy atom. The number of nitrogen functional groups attached to an aromatic ring is 1. The normalized spacial score (nSPS) is 10.1. The molecule has 0 spiro atoms. The molecule has 0 aliphatic rings. The third-order valence-electron chi connectivity index (χ3n) is 2.38. The van der Waals surface area contributed by atoms with Gasteiger partial charge in [-0.3, -0.25) is 4.79 Å². The average molecular weight is 307 g/mol. The van der Waals surface area contributed by atoms with Gasteiger partial charge in [-0.15, -0.1) is 0 Å². The van der Waals surface area contributed by atoms with Crippen LogP contribution < -0.4 is 11.1 Å². The van der Waals surface area contributed by atoms with E-state index in [9.17, 15) is 4.79 Å². The molecule has 0 aliphatic heterocycles. The standard InChI is InChI=1S/C13H11BrN2O2/c14-8-1-6-11(12(15)7-8)13(18)16-9-2-4-10(17)5-3-9/h1-7,17H,15H2,(H,16,18). The van der Waals surface area contributed by atoms with Gasteiger partial charge in [0.15, 0.2) is 0 Å². The van der Waals surface area contributed by atoms with Crippen molar-refractivity contribution in [3.05, 3.63) is 52.5 Å². The number of halogens is 1. The third kappa shape index (κ3) is 2.81. The lowest BCUT2D eigenvalue weighted by molar-refractivity contribution is 0.102. The van der Waals surface area contributed by atoms with Gasteiger partial charge < -0.3 is 16.2 Å². The zero-order valence-corrected chi connectivity index (χ0v) is 10.9. The molecule has 0 aromatic heterocycles. The first-order valence-corrected chi connectivity index (χ1v) is 6.01. The summed E-state index contributed by atoms with van der Waals surface area (Å²) in [5, 5.41) is 11.8. The van der Waals surface area contributed by atoms with Crippen molar-refractivity contribution >= 4 is 33.2 Å². The molecule has 0 fully saturated rings. The van der Waals surface area contributed by atoms with Crippen molar-refractivity contribution in [2.45, 2.75) is 0 Å². The van der Waals surface area contributed by atoms with Gasteiger partial charge in [0.2, 0.25) is 0 Å². The molecule has 0 atom stereocenters. The van der Waals surface area contributed by atoms with Gasteiger partial charge in [0.1, 0.15) is 5.75 Å². The molecule has 0 radical (unpaired) electrons. The second-order valence-electron chi connectivity index (χ2n) is 3.73. The van der Waals surface area contributed by atoms with E-state index in [-0.39, 0.29) is 11.7 Å². The Balaban J connectivity index is 2.19. The van der Waals surface area contributed by atoms with E-state index in [1.54, 1.807) is 30.3 Å². The number of hydrogen-bond donors (Lipinski definition) is 3. The summed E-state index contributed by atoms with van der Waals surface area (Å²) >= 11 is 3.28. The molecule has 4 nitrogen and oxygen atoms in total. The van der Waals surface area contributed by atoms with Crippen LogP contribution in [0.15, 0.2) is 46.9 Å². The van der Waals surface area contributed by atoms with Gasteiger partial charge in [-0.1, -0.05) is 15.9 Å². The van der Waals surface area contributed by atoms with Crippen LogP contribution in [0, 0.1) is 0 Å². The van der Waals surface area contributed by atoms with E-state index >= 15 is 0 Å². The Morgan fingerprint density at radius 1 is 1.17 bits per heavy atom. The number of carbonyl (C=O) groups is 1. The van der Waals surface area contributed by atoms with Gasteiger partial charge in [0.25, 0.3) is 5.91 Å². The highest BCUT2D eigenvalue weighted by Gasteiger charge is 2.10. The van der Waals surface area contributed by atoms with Crippen molar-refractivity contribution in [1.29, 1.82) is 0 Å². The third-order valence-corrected chi connectivity index (χ3v) is 2.88. The van der Waals surface area contributed by atoms with Gasteiger partial charge >= 0.3 is 0 Å². The Kier molecular flexibility index (Phi) is 3.53. The number of nitrogens with one attached hydrogen (secondary N) is 1. The summed E-state index contributed by atoms with van der Waals surface area (Å²) in [6.45, 7) is 0. The van der Waals surface area contributed by atoms with Gasteiger partial charge in [-0.05, 0) is 42.5 Å². The maximum atomic E-state index is 12.0. The average Bonchev–Trinajstić information content (AvgIpc) is 2.32. The fraction of sp³-hybridized carbons (Fsp3) is 0. The summed E-state index contributed by atoms with van der Waals surface area (Å²) in [4.78, 5) is 12.0. The van der Waals surface area contributed by atoms with Crippen LogP contribution in [0.4, 0.5) is 11.4 Å². The molecule has 4 N–H and O–H groups in total. The van der Waals surface area contributed by atoms with Gasteiger partial charge in [-0.25, -0.2) is 0 Å². The molecule has 0 aliphatic carbocycles. The zero-order valence-electron chi connectivity index (χ0n) is 9.35. The highest BCUT2D eigenvalue weighted by atomic mass is 79.9. The van der Waals surface area contributed by atoms with Crippen LogP contribution in [0.1, 0.15) is 10.4 Å². The van der Waals surface area contributed by atoms with Crippen LogP contribution in [0.5, 0.6) is 5.75 Å². The number of anilines is 2. The lowest BCUT2D eigenvalue weighted by atomic mass is 10.1. The lowest BCUT2D eigenvalue weighted by Gasteiger charge is -2.07. The summed E-state index contributed by atoms with van der Waals surface area (Å²) in [5.41, 5.74) is 7.18. The Hall–Kier alpha value is -2.01. The first-order chi connectivity index (χ1) is 8.56. The van der Waals surface area contributed by atoms with Crippen LogP contribution in [-0.4, -0.2) is 11.0 Å². The van der Waals surface area contributed by atoms with Crippen LogP contribution in [0.2, 0.25) is 0 Å². The van der Waals surface area contributed by atoms with E-state index < -0.39 is 0 Å². The van der Waals surface area contributed by atoms with Crippen molar-refractivity contribution in [1.82, 2.24) is 0 Å². The molecule has 2 rings (SSSR count). The molecular formula is C13H11BrN2O2. The Labute approximate surface area is 113 Å². The number of amides is 1. The number of rotatable bonds is 2. The fourth-order valence-electron chi connectivity index (χ4n) is 1.48. The molecule has 2 aromatic carbocycles. The van der Waals surface area contributed by atoms with E-state index in [0.717, 1.165) is 4.47 Å². The quantitative estimate of drug-likeness (QED) is 0.590. The minimum absolute atomic E-state index is 0.149. The number of nitrogens with two attached hydrogens (primary N) is 1. The second kappa shape index (κ2) is 5.10. The second-order valence-corrected chi connectivity index (χ2v) is 4.65. The molecule has 92 valence electrons. The first-order valence-electron chi connectivity index (χ1n) is 5.21. The summed E-state index contributed by atoms with van der Waals surface area (Å²) in [6, 6.07) is 11.3. The minimum Gasteiger partial charge on any atom is -0.508 e. The van der Waals surface area contributed by atoms with E-state index in [1.165, 1.54) is 12.1 Å². The Bertz CT molecular complexity index is 582. The van der Waals surface area contributed by atoms with Gasteiger partial charge in [0, 0.05) is 15.8 Å². The van der Waals surface area contributed by atoms with Crippen molar-refractivity contribution in [2.75, 3.05) is 11.1 Å². The molecule has 0 heterocycles. The highest BCUT2D eigenvalue weighted by molar-refractivity contribution is 9.10. The molecule has 5 heteroatoms. The number of phenols is 1. The molecular weight excluding hydrogens is 296 g/mol. The van der Waals surface area contributed by atoms with Gasteiger partial charge in [-0.2, -0.15) is 0 Å². The maximum Gasteiger partial charge on any atom is 0.257 e. The van der Waals surface area contributed by atoms with Crippen molar-refractivity contribution < 1.29 is 9.90 Å². The number of benzene rings is 2. The monoisotopic (exact) mass is 306 g/mol. The first kappa shape index (κ1) is 12.4. The molecule has 2 aromatic rings. The predicted octanol–water partition coefficient (Wildman–Crippen LogP) is 2.99. The maximum absolute atomic E-state index is 12.0. The molecule has 0 unspecified atom stereocenters. The van der Waals surface area contributed by atoms with E-state index in [4.69, 9.17) is 10.8 Å². The number of hydrogen-bond acceptors (Lipinski definition) is 3. The number of carbonyl (C=O) groups excluding carboxylic acids is 1. The SMILES string of the molecule is Nc1cc(Br)ccc1C(=O)Nc1ccc(O)cc1. The molecule has 0 saturated heterocycles. The summed E-state index contributed by atoms with van der Waals surface area (Å²) in [5.74, 6) is -0.137. The smallest absolute Gasteiger partial charge is 0.257 e. The zero-order chi connectivity index (χ0) is 13.1. The van der Waals surface area contributed by atoms with Gasteiger partial charge in [0.05, 0.1) is 5.56 Å². The molecule has 18 heavy (non-hydrogen) atoms.